The van der Waals surface area contributed by atoms with E-state index in [9.17, 15) is 0 Å². The lowest BCUT2D eigenvalue weighted by atomic mass is 9.78. The molecule has 1 aliphatic rings. The Morgan fingerprint density at radius 3 is 2.02 bits per heavy atom. The summed E-state index contributed by atoms with van der Waals surface area (Å²) in [6.07, 6.45) is 0. The molecule has 8 aromatic carbocycles. The Labute approximate surface area is 267 Å². The highest BCUT2D eigenvalue weighted by Crippen LogP contribution is 2.56. The van der Waals surface area contributed by atoms with Gasteiger partial charge in [-0.1, -0.05) is 129 Å². The average Bonchev–Trinajstić information content (AvgIpc) is 3.60. The zero-order valence-corrected chi connectivity index (χ0v) is 25.8. The summed E-state index contributed by atoms with van der Waals surface area (Å²) < 4.78 is 6.56. The SMILES string of the molecule is CC1(C)c2cc(-c3cccc4oc5c6ccccc6ccc5c34)ccc2-c2c(-c3ccc4ccccc4c3)cc3ccccc3c21. The molecular weight excluding hydrogens is 556 g/mol. The van der Waals surface area contributed by atoms with Crippen molar-refractivity contribution in [3.8, 4) is 33.4 Å². The van der Waals surface area contributed by atoms with Gasteiger partial charge in [0.1, 0.15) is 11.2 Å². The average molecular weight is 587 g/mol. The van der Waals surface area contributed by atoms with Crippen molar-refractivity contribution in [2.45, 2.75) is 19.3 Å². The fraction of sp³-hybridized carbons (Fsp3) is 0.0667. The van der Waals surface area contributed by atoms with Crippen LogP contribution >= 0.6 is 0 Å². The van der Waals surface area contributed by atoms with Crippen LogP contribution in [0.15, 0.2) is 150 Å². The summed E-state index contributed by atoms with van der Waals surface area (Å²) >= 11 is 0. The van der Waals surface area contributed by atoms with Crippen molar-refractivity contribution in [1.82, 2.24) is 0 Å². The molecule has 0 fully saturated rings. The second kappa shape index (κ2) is 9.19. The Morgan fingerprint density at radius 2 is 1.15 bits per heavy atom. The fourth-order valence-electron chi connectivity index (χ4n) is 8.24. The minimum absolute atomic E-state index is 0.185. The molecule has 1 heteroatoms. The summed E-state index contributed by atoms with van der Waals surface area (Å²) in [6, 6.07) is 53.4. The van der Waals surface area contributed by atoms with Gasteiger partial charge in [-0.2, -0.15) is 0 Å². The molecule has 0 atom stereocenters. The Balaban J connectivity index is 1.23. The number of rotatable bonds is 2. The number of furan rings is 1. The molecule has 0 saturated heterocycles. The van der Waals surface area contributed by atoms with Gasteiger partial charge in [0, 0.05) is 21.6 Å². The molecule has 0 amide bonds. The molecule has 1 aliphatic carbocycles. The first kappa shape index (κ1) is 25.6. The first-order chi connectivity index (χ1) is 22.6. The van der Waals surface area contributed by atoms with Crippen LogP contribution in [0.1, 0.15) is 25.0 Å². The van der Waals surface area contributed by atoms with E-state index in [1.54, 1.807) is 0 Å². The fourth-order valence-corrected chi connectivity index (χ4v) is 8.24. The predicted octanol–water partition coefficient (Wildman–Crippen LogP) is 12.7. The van der Waals surface area contributed by atoms with Crippen molar-refractivity contribution in [1.29, 1.82) is 0 Å². The van der Waals surface area contributed by atoms with Crippen molar-refractivity contribution in [3.05, 3.63) is 157 Å². The minimum atomic E-state index is -0.185. The van der Waals surface area contributed by atoms with Crippen LogP contribution < -0.4 is 0 Å². The molecule has 1 heterocycles. The van der Waals surface area contributed by atoms with Crippen LogP contribution in [0.4, 0.5) is 0 Å². The molecule has 0 spiro atoms. The van der Waals surface area contributed by atoms with Crippen LogP contribution in [0.3, 0.4) is 0 Å². The molecule has 0 unspecified atom stereocenters. The van der Waals surface area contributed by atoms with Crippen molar-refractivity contribution in [2.75, 3.05) is 0 Å². The zero-order valence-electron chi connectivity index (χ0n) is 25.8. The minimum Gasteiger partial charge on any atom is -0.455 e. The molecule has 46 heavy (non-hydrogen) atoms. The Hall–Kier alpha value is -5.66. The summed E-state index contributed by atoms with van der Waals surface area (Å²) in [5, 5.41) is 9.84. The van der Waals surface area contributed by atoms with E-state index in [4.69, 9.17) is 4.42 Å². The van der Waals surface area contributed by atoms with Crippen LogP contribution in [-0.2, 0) is 5.41 Å². The van der Waals surface area contributed by atoms with Gasteiger partial charge in [-0.25, -0.2) is 0 Å². The summed E-state index contributed by atoms with van der Waals surface area (Å²) in [5.41, 5.74) is 12.2. The molecule has 0 N–H and O–H groups in total. The first-order valence-corrected chi connectivity index (χ1v) is 16.1. The van der Waals surface area contributed by atoms with Gasteiger partial charge in [-0.15, -0.1) is 0 Å². The van der Waals surface area contributed by atoms with Crippen LogP contribution in [0.2, 0.25) is 0 Å². The second-order valence-electron chi connectivity index (χ2n) is 13.3. The van der Waals surface area contributed by atoms with Crippen molar-refractivity contribution >= 4 is 54.3 Å². The summed E-state index contributed by atoms with van der Waals surface area (Å²) in [5.74, 6) is 0. The Kier molecular flexibility index (Phi) is 5.12. The maximum Gasteiger partial charge on any atom is 0.143 e. The molecule has 9 aromatic rings. The number of benzene rings is 8. The molecule has 0 saturated carbocycles. The molecular formula is C45H30O. The third-order valence-corrected chi connectivity index (χ3v) is 10.4. The van der Waals surface area contributed by atoms with Crippen molar-refractivity contribution in [2.24, 2.45) is 0 Å². The number of hydrogen-bond donors (Lipinski definition) is 0. The maximum atomic E-state index is 6.56. The highest BCUT2D eigenvalue weighted by atomic mass is 16.3. The van der Waals surface area contributed by atoms with Gasteiger partial charge in [-0.3, -0.25) is 0 Å². The smallest absolute Gasteiger partial charge is 0.143 e. The second-order valence-corrected chi connectivity index (χ2v) is 13.3. The van der Waals surface area contributed by atoms with Crippen LogP contribution in [0.25, 0.3) is 87.6 Å². The van der Waals surface area contributed by atoms with E-state index >= 15 is 0 Å². The van der Waals surface area contributed by atoms with Crippen LogP contribution in [-0.4, -0.2) is 0 Å². The normalized spacial score (nSPS) is 13.6. The molecule has 1 nitrogen and oxygen atoms in total. The van der Waals surface area contributed by atoms with E-state index in [0.29, 0.717) is 0 Å². The Morgan fingerprint density at radius 1 is 0.457 bits per heavy atom. The monoisotopic (exact) mass is 586 g/mol. The van der Waals surface area contributed by atoms with Gasteiger partial charge >= 0.3 is 0 Å². The molecule has 10 rings (SSSR count). The van der Waals surface area contributed by atoms with E-state index < -0.39 is 0 Å². The van der Waals surface area contributed by atoms with E-state index in [1.807, 2.05) is 0 Å². The highest BCUT2D eigenvalue weighted by Gasteiger charge is 2.39. The van der Waals surface area contributed by atoms with Gasteiger partial charge in [0.05, 0.1) is 0 Å². The molecule has 1 aromatic heterocycles. The summed E-state index contributed by atoms with van der Waals surface area (Å²) in [7, 11) is 0. The quantitative estimate of drug-likeness (QED) is 0.196. The Bertz CT molecular complexity index is 2720. The molecule has 0 aliphatic heterocycles. The molecule has 216 valence electrons. The van der Waals surface area contributed by atoms with Gasteiger partial charge < -0.3 is 4.42 Å². The number of fused-ring (bicyclic) bond motifs is 11. The lowest BCUT2D eigenvalue weighted by Crippen LogP contribution is -2.15. The van der Waals surface area contributed by atoms with Gasteiger partial charge in [-0.05, 0) is 102 Å². The zero-order chi connectivity index (χ0) is 30.6. The van der Waals surface area contributed by atoms with E-state index in [-0.39, 0.29) is 5.41 Å². The molecule has 0 radical (unpaired) electrons. The van der Waals surface area contributed by atoms with E-state index in [2.05, 4.69) is 159 Å². The third-order valence-electron chi connectivity index (χ3n) is 10.4. The van der Waals surface area contributed by atoms with Gasteiger partial charge in [0.25, 0.3) is 0 Å². The lowest BCUT2D eigenvalue weighted by Gasteiger charge is -2.24. The summed E-state index contributed by atoms with van der Waals surface area (Å²) in [4.78, 5) is 0. The van der Waals surface area contributed by atoms with Crippen molar-refractivity contribution < 1.29 is 4.42 Å². The van der Waals surface area contributed by atoms with E-state index in [0.717, 1.165) is 21.9 Å². The maximum absolute atomic E-state index is 6.56. The summed E-state index contributed by atoms with van der Waals surface area (Å²) in [6.45, 7) is 4.80. The highest BCUT2D eigenvalue weighted by molar-refractivity contribution is 6.19. The third kappa shape index (κ3) is 3.46. The van der Waals surface area contributed by atoms with Crippen LogP contribution in [0, 0.1) is 0 Å². The van der Waals surface area contributed by atoms with Crippen LogP contribution in [0.5, 0.6) is 0 Å². The van der Waals surface area contributed by atoms with E-state index in [1.165, 1.54) is 76.8 Å². The number of hydrogen-bond acceptors (Lipinski definition) is 1. The predicted molar refractivity (Wildman–Crippen MR) is 195 cm³/mol. The van der Waals surface area contributed by atoms with Gasteiger partial charge in [0.15, 0.2) is 0 Å². The van der Waals surface area contributed by atoms with Gasteiger partial charge in [0.2, 0.25) is 0 Å². The van der Waals surface area contributed by atoms with Crippen molar-refractivity contribution in [3.63, 3.8) is 0 Å². The standard InChI is InChI=1S/C45H30O/c1-45(2)39-26-32(33-16-9-17-40-41(33)37-23-20-28-11-5-8-15-35(28)44(37)46-40)21-22-36(39)42-38(25-30-13-6-7-14-34(30)43(42)45)31-19-18-27-10-3-4-12-29(27)24-31/h3-26H,1-2H3. The largest absolute Gasteiger partial charge is 0.455 e. The molecule has 0 bridgehead atoms. The lowest BCUT2D eigenvalue weighted by molar-refractivity contribution is 0.666. The topological polar surface area (TPSA) is 13.1 Å². The first-order valence-electron chi connectivity index (χ1n) is 16.1.